The first-order chi connectivity index (χ1) is 14.6. The SMILES string of the molecule is Cc1cc(C)c(C)c(S(=O)(=O)N2CCC(C(=O)NCCc3ccccc3F)CC2)c1C. The number of carbonyl (C=O) groups excluding carboxylic acids is 1. The Balaban J connectivity index is 1.60. The molecule has 0 radical (unpaired) electrons. The van der Waals surface area contributed by atoms with Gasteiger partial charge in [0.15, 0.2) is 0 Å². The van der Waals surface area contributed by atoms with E-state index >= 15 is 0 Å². The maximum atomic E-state index is 13.7. The maximum absolute atomic E-state index is 13.7. The lowest BCUT2D eigenvalue weighted by atomic mass is 9.97. The summed E-state index contributed by atoms with van der Waals surface area (Å²) < 4.78 is 41.9. The molecule has 7 heteroatoms. The second-order valence-electron chi connectivity index (χ2n) is 8.40. The first-order valence-electron chi connectivity index (χ1n) is 10.7. The van der Waals surface area contributed by atoms with Crippen LogP contribution in [0.4, 0.5) is 4.39 Å². The average Bonchev–Trinajstić information content (AvgIpc) is 2.73. The summed E-state index contributed by atoms with van der Waals surface area (Å²) in [6, 6.07) is 8.55. The number of nitrogens with zero attached hydrogens (tertiary/aromatic N) is 1. The number of hydrogen-bond acceptors (Lipinski definition) is 3. The molecule has 1 N–H and O–H groups in total. The van der Waals surface area contributed by atoms with E-state index in [4.69, 9.17) is 0 Å². The van der Waals surface area contributed by atoms with Crippen molar-refractivity contribution < 1.29 is 17.6 Å². The van der Waals surface area contributed by atoms with Crippen molar-refractivity contribution in [1.29, 1.82) is 0 Å². The number of aryl methyl sites for hydroxylation is 2. The van der Waals surface area contributed by atoms with Crippen molar-refractivity contribution in [2.45, 2.75) is 51.9 Å². The Morgan fingerprint density at radius 1 is 1.06 bits per heavy atom. The Labute approximate surface area is 184 Å². The van der Waals surface area contributed by atoms with Crippen LogP contribution in [-0.4, -0.2) is 38.3 Å². The number of benzene rings is 2. The van der Waals surface area contributed by atoms with Gasteiger partial charge in [-0.3, -0.25) is 4.79 Å². The van der Waals surface area contributed by atoms with Gasteiger partial charge in [0.2, 0.25) is 15.9 Å². The molecule has 1 heterocycles. The van der Waals surface area contributed by atoms with Gasteiger partial charge in [-0.25, -0.2) is 12.8 Å². The number of piperidine rings is 1. The van der Waals surface area contributed by atoms with Crippen molar-refractivity contribution in [3.63, 3.8) is 0 Å². The topological polar surface area (TPSA) is 66.5 Å². The molecule has 31 heavy (non-hydrogen) atoms. The fourth-order valence-electron chi connectivity index (χ4n) is 4.22. The van der Waals surface area contributed by atoms with E-state index in [1.165, 1.54) is 10.4 Å². The van der Waals surface area contributed by atoms with Crippen molar-refractivity contribution in [2.24, 2.45) is 5.92 Å². The minimum atomic E-state index is -3.62. The summed E-state index contributed by atoms with van der Waals surface area (Å²) in [6.45, 7) is 8.56. The van der Waals surface area contributed by atoms with Crippen LogP contribution in [0.2, 0.25) is 0 Å². The van der Waals surface area contributed by atoms with Crippen LogP contribution >= 0.6 is 0 Å². The van der Waals surface area contributed by atoms with Crippen LogP contribution in [0.1, 0.15) is 40.7 Å². The van der Waals surface area contributed by atoms with Gasteiger partial charge in [0.05, 0.1) is 4.90 Å². The molecule has 3 rings (SSSR count). The normalized spacial score (nSPS) is 15.8. The zero-order valence-electron chi connectivity index (χ0n) is 18.7. The third-order valence-electron chi connectivity index (χ3n) is 6.37. The average molecular weight is 447 g/mol. The smallest absolute Gasteiger partial charge is 0.243 e. The van der Waals surface area contributed by atoms with Crippen LogP contribution in [0, 0.1) is 39.4 Å². The molecule has 0 bridgehead atoms. The minimum absolute atomic E-state index is 0.0906. The van der Waals surface area contributed by atoms with Gasteiger partial charge in [-0.1, -0.05) is 24.3 Å². The van der Waals surface area contributed by atoms with Crippen LogP contribution in [0.5, 0.6) is 0 Å². The fraction of sp³-hybridized carbons (Fsp3) is 0.458. The lowest BCUT2D eigenvalue weighted by Gasteiger charge is -2.31. The molecule has 1 aliphatic rings. The largest absolute Gasteiger partial charge is 0.356 e. The summed E-state index contributed by atoms with van der Waals surface area (Å²) in [7, 11) is -3.62. The summed E-state index contributed by atoms with van der Waals surface area (Å²) in [5, 5.41) is 2.87. The number of nitrogens with one attached hydrogen (secondary N) is 1. The highest BCUT2D eigenvalue weighted by atomic mass is 32.2. The van der Waals surface area contributed by atoms with Gasteiger partial charge >= 0.3 is 0 Å². The lowest BCUT2D eigenvalue weighted by molar-refractivity contribution is -0.126. The third kappa shape index (κ3) is 4.99. The molecule has 1 saturated heterocycles. The summed E-state index contributed by atoms with van der Waals surface area (Å²) in [5.74, 6) is -0.590. The third-order valence-corrected chi connectivity index (χ3v) is 8.54. The van der Waals surface area contributed by atoms with E-state index in [1.54, 1.807) is 18.2 Å². The summed E-state index contributed by atoms with van der Waals surface area (Å²) in [4.78, 5) is 12.9. The molecule has 0 saturated carbocycles. The number of sulfonamides is 1. The van der Waals surface area contributed by atoms with Gasteiger partial charge < -0.3 is 5.32 Å². The van der Waals surface area contributed by atoms with Crippen LogP contribution in [-0.2, 0) is 21.2 Å². The number of hydrogen-bond donors (Lipinski definition) is 1. The molecule has 0 aromatic heterocycles. The molecule has 2 aromatic rings. The maximum Gasteiger partial charge on any atom is 0.243 e. The minimum Gasteiger partial charge on any atom is -0.356 e. The molecule has 168 valence electrons. The number of amides is 1. The molecule has 1 aliphatic heterocycles. The Hall–Kier alpha value is -2.25. The zero-order chi connectivity index (χ0) is 22.8. The second-order valence-corrected chi connectivity index (χ2v) is 10.3. The Kier molecular flexibility index (Phi) is 7.17. The number of carbonyl (C=O) groups is 1. The molecule has 2 aromatic carbocycles. The quantitative estimate of drug-likeness (QED) is 0.734. The Morgan fingerprint density at radius 3 is 2.23 bits per heavy atom. The van der Waals surface area contributed by atoms with E-state index in [-0.39, 0.29) is 17.6 Å². The number of halogens is 1. The van der Waals surface area contributed by atoms with Crippen molar-refractivity contribution >= 4 is 15.9 Å². The molecule has 0 atom stereocenters. The predicted molar refractivity (Wildman–Crippen MR) is 120 cm³/mol. The summed E-state index contributed by atoms with van der Waals surface area (Å²) >= 11 is 0. The molecule has 0 unspecified atom stereocenters. The van der Waals surface area contributed by atoms with Crippen LogP contribution < -0.4 is 5.32 Å². The van der Waals surface area contributed by atoms with Crippen molar-refractivity contribution in [3.8, 4) is 0 Å². The summed E-state index contributed by atoms with van der Waals surface area (Å²) in [6.07, 6.45) is 1.39. The van der Waals surface area contributed by atoms with Gasteiger partial charge in [0.1, 0.15) is 5.82 Å². The molecule has 1 fully saturated rings. The van der Waals surface area contributed by atoms with E-state index in [1.807, 2.05) is 33.8 Å². The summed E-state index contributed by atoms with van der Waals surface area (Å²) in [5.41, 5.74) is 4.08. The highest BCUT2D eigenvalue weighted by molar-refractivity contribution is 7.89. The van der Waals surface area contributed by atoms with Crippen molar-refractivity contribution in [2.75, 3.05) is 19.6 Å². The van der Waals surface area contributed by atoms with Crippen molar-refractivity contribution in [3.05, 3.63) is 64.0 Å². The van der Waals surface area contributed by atoms with E-state index < -0.39 is 10.0 Å². The van der Waals surface area contributed by atoms with Gasteiger partial charge in [0.25, 0.3) is 0 Å². The monoisotopic (exact) mass is 446 g/mol. The zero-order valence-corrected chi connectivity index (χ0v) is 19.5. The van der Waals surface area contributed by atoms with Crippen LogP contribution in [0.25, 0.3) is 0 Å². The molecule has 0 aliphatic carbocycles. The van der Waals surface area contributed by atoms with Crippen molar-refractivity contribution in [1.82, 2.24) is 9.62 Å². The van der Waals surface area contributed by atoms with E-state index in [0.717, 1.165) is 22.3 Å². The number of rotatable bonds is 6. The van der Waals surface area contributed by atoms with E-state index in [2.05, 4.69) is 5.32 Å². The van der Waals surface area contributed by atoms with Gasteiger partial charge in [-0.05, 0) is 80.8 Å². The van der Waals surface area contributed by atoms with E-state index in [9.17, 15) is 17.6 Å². The molecule has 1 amide bonds. The van der Waals surface area contributed by atoms with E-state index in [0.29, 0.717) is 49.4 Å². The van der Waals surface area contributed by atoms with Crippen LogP contribution in [0.15, 0.2) is 35.2 Å². The van der Waals surface area contributed by atoms with Gasteiger partial charge in [-0.15, -0.1) is 0 Å². The molecular weight excluding hydrogens is 415 g/mol. The lowest BCUT2D eigenvalue weighted by Crippen LogP contribution is -2.43. The van der Waals surface area contributed by atoms with Gasteiger partial charge in [-0.2, -0.15) is 4.31 Å². The standard InChI is InChI=1S/C24H31FN2O3S/c1-16-15-17(2)19(4)23(18(16)3)31(29,30)27-13-10-21(11-14-27)24(28)26-12-9-20-7-5-6-8-22(20)25/h5-8,15,21H,9-14H2,1-4H3,(H,26,28). The molecule has 0 spiro atoms. The van der Waals surface area contributed by atoms with Crippen LogP contribution in [0.3, 0.4) is 0 Å². The highest BCUT2D eigenvalue weighted by Gasteiger charge is 2.34. The first kappa shape index (κ1) is 23.4. The highest BCUT2D eigenvalue weighted by Crippen LogP contribution is 2.31. The molecule has 5 nitrogen and oxygen atoms in total. The Bertz CT molecular complexity index is 1050. The Morgan fingerprint density at radius 2 is 1.65 bits per heavy atom. The second kappa shape index (κ2) is 9.49. The predicted octanol–water partition coefficient (Wildman–Crippen LogP) is 3.82. The molecular formula is C24H31FN2O3S. The fourth-order valence-corrected chi connectivity index (χ4v) is 6.27. The first-order valence-corrected chi connectivity index (χ1v) is 12.2. The van der Waals surface area contributed by atoms with Gasteiger partial charge in [0, 0.05) is 25.6 Å².